The third-order valence-corrected chi connectivity index (χ3v) is 9.08. The van der Waals surface area contributed by atoms with Crippen molar-refractivity contribution < 1.29 is 17.2 Å². The maximum absolute atomic E-state index is 15.4. The number of pyridine rings is 2. The summed E-state index contributed by atoms with van der Waals surface area (Å²) in [6, 6.07) is 11.2. The fraction of sp³-hybridized carbons (Fsp3) is 0.273. The normalized spacial score (nSPS) is 14.2. The van der Waals surface area contributed by atoms with Gasteiger partial charge in [-0.3, -0.25) is 10.1 Å². The summed E-state index contributed by atoms with van der Waals surface area (Å²) in [6.07, 6.45) is 11.2. The second-order valence-corrected chi connectivity index (χ2v) is 13.7. The fourth-order valence-electron chi connectivity index (χ4n) is 6.18. The maximum atomic E-state index is 15.4. The SMILES string of the molecule is CS(=O)(=O)NCc1cc(F)cc(-c2ccnc3[nH]c(-c4n[nH]c5cc(F)c(-c6cncc(CNCC7CCCC7)c6)cc45)nc23)c1. The van der Waals surface area contributed by atoms with E-state index in [0.717, 1.165) is 24.3 Å². The summed E-state index contributed by atoms with van der Waals surface area (Å²) >= 11 is 0. The van der Waals surface area contributed by atoms with Crippen molar-refractivity contribution >= 4 is 32.1 Å². The third kappa shape index (κ3) is 6.39. The first-order valence-corrected chi connectivity index (χ1v) is 17.0. The van der Waals surface area contributed by atoms with Crippen LogP contribution < -0.4 is 10.0 Å². The van der Waals surface area contributed by atoms with E-state index in [1.807, 2.05) is 6.07 Å². The predicted molar refractivity (Wildman–Crippen MR) is 173 cm³/mol. The molecule has 0 amide bonds. The summed E-state index contributed by atoms with van der Waals surface area (Å²) < 4.78 is 55.6. The lowest BCUT2D eigenvalue weighted by Crippen LogP contribution is -2.21. The van der Waals surface area contributed by atoms with Gasteiger partial charge in [-0.15, -0.1) is 0 Å². The number of hydrogen-bond acceptors (Lipinski definition) is 7. The van der Waals surface area contributed by atoms with Crippen LogP contribution in [0, 0.1) is 17.6 Å². The first kappa shape index (κ1) is 30.1. The Morgan fingerprint density at radius 1 is 0.957 bits per heavy atom. The lowest BCUT2D eigenvalue weighted by molar-refractivity contribution is 0.489. The highest BCUT2D eigenvalue weighted by molar-refractivity contribution is 7.88. The molecule has 236 valence electrons. The van der Waals surface area contributed by atoms with Gasteiger partial charge in [-0.25, -0.2) is 31.9 Å². The minimum atomic E-state index is -3.46. The van der Waals surface area contributed by atoms with E-state index < -0.39 is 21.7 Å². The lowest BCUT2D eigenvalue weighted by atomic mass is 10.0. The third-order valence-electron chi connectivity index (χ3n) is 8.41. The van der Waals surface area contributed by atoms with Gasteiger partial charge in [-0.1, -0.05) is 12.8 Å². The van der Waals surface area contributed by atoms with Crippen molar-refractivity contribution in [1.29, 1.82) is 0 Å². The van der Waals surface area contributed by atoms with Crippen LogP contribution >= 0.6 is 0 Å². The number of benzene rings is 2. The largest absolute Gasteiger partial charge is 0.321 e. The zero-order valence-electron chi connectivity index (χ0n) is 25.1. The average molecular weight is 643 g/mol. The van der Waals surface area contributed by atoms with Crippen LogP contribution in [-0.2, 0) is 23.1 Å². The molecule has 4 aromatic heterocycles. The van der Waals surface area contributed by atoms with Crippen molar-refractivity contribution in [3.8, 4) is 33.8 Å². The number of sulfonamides is 1. The molecule has 4 heterocycles. The quantitative estimate of drug-likeness (QED) is 0.147. The van der Waals surface area contributed by atoms with Gasteiger partial charge in [0, 0.05) is 59.8 Å². The first-order valence-electron chi connectivity index (χ1n) is 15.1. The van der Waals surface area contributed by atoms with Gasteiger partial charge in [0.1, 0.15) is 22.8 Å². The van der Waals surface area contributed by atoms with E-state index in [9.17, 15) is 12.8 Å². The van der Waals surface area contributed by atoms with Crippen LogP contribution in [0.3, 0.4) is 0 Å². The van der Waals surface area contributed by atoms with Gasteiger partial charge < -0.3 is 10.3 Å². The molecule has 0 unspecified atom stereocenters. The Morgan fingerprint density at radius 3 is 2.61 bits per heavy atom. The molecule has 0 aliphatic heterocycles. The molecule has 7 rings (SSSR count). The van der Waals surface area contributed by atoms with E-state index in [-0.39, 0.29) is 6.54 Å². The van der Waals surface area contributed by atoms with Gasteiger partial charge >= 0.3 is 0 Å². The van der Waals surface area contributed by atoms with Crippen molar-refractivity contribution in [2.75, 3.05) is 12.8 Å². The van der Waals surface area contributed by atoms with Crippen molar-refractivity contribution in [3.63, 3.8) is 0 Å². The van der Waals surface area contributed by atoms with Crippen molar-refractivity contribution in [3.05, 3.63) is 83.8 Å². The second kappa shape index (κ2) is 12.3. The Labute approximate surface area is 264 Å². The molecule has 0 atom stereocenters. The van der Waals surface area contributed by atoms with E-state index in [2.05, 4.69) is 35.2 Å². The van der Waals surface area contributed by atoms with E-state index in [4.69, 9.17) is 4.98 Å². The van der Waals surface area contributed by atoms with E-state index >= 15 is 4.39 Å². The molecular formula is C33H32F2N8O2S. The molecule has 1 saturated carbocycles. The Kier molecular flexibility index (Phi) is 8.05. The minimum absolute atomic E-state index is 0.0583. The van der Waals surface area contributed by atoms with Crippen molar-refractivity contribution in [1.82, 2.24) is 40.2 Å². The molecule has 1 aliphatic carbocycles. The summed E-state index contributed by atoms with van der Waals surface area (Å²) in [5.74, 6) is 0.202. The van der Waals surface area contributed by atoms with E-state index in [1.54, 1.807) is 36.8 Å². The fourth-order valence-corrected chi connectivity index (χ4v) is 6.61. The van der Waals surface area contributed by atoms with Crippen LogP contribution in [0.15, 0.2) is 61.1 Å². The number of rotatable bonds is 10. The number of aromatic nitrogens is 6. The number of halogens is 2. The zero-order valence-corrected chi connectivity index (χ0v) is 25.9. The van der Waals surface area contributed by atoms with E-state index in [0.29, 0.717) is 67.9 Å². The standard InChI is InChI=1S/C33H32F2N8O2S/c1-46(44,45)39-17-20-8-22(11-24(34)10-20)25-6-7-38-32-30(25)40-33(41-32)31-27-12-26(28(35)13-29(27)42-43-31)23-9-21(16-37-18-23)15-36-14-19-4-2-3-5-19/h6-13,16,18-19,36,39H,2-5,14-15,17H2,1H3,(H,42,43)(H,38,40,41). The molecule has 0 bridgehead atoms. The highest BCUT2D eigenvalue weighted by Crippen LogP contribution is 2.34. The summed E-state index contributed by atoms with van der Waals surface area (Å²) in [5, 5.41) is 11.5. The number of imidazole rings is 1. The molecule has 6 aromatic rings. The summed E-state index contributed by atoms with van der Waals surface area (Å²) in [5.41, 5.74) is 5.50. The van der Waals surface area contributed by atoms with Gasteiger partial charge in [0.05, 0.1) is 11.8 Å². The lowest BCUT2D eigenvalue weighted by Gasteiger charge is -2.11. The Balaban J connectivity index is 1.21. The Morgan fingerprint density at radius 2 is 1.78 bits per heavy atom. The summed E-state index contributed by atoms with van der Waals surface area (Å²) in [6.45, 7) is 1.57. The van der Waals surface area contributed by atoms with Crippen LogP contribution in [0.2, 0.25) is 0 Å². The molecule has 0 radical (unpaired) electrons. The van der Waals surface area contributed by atoms with Crippen LogP contribution in [0.5, 0.6) is 0 Å². The number of H-pyrrole nitrogens is 2. The molecule has 46 heavy (non-hydrogen) atoms. The van der Waals surface area contributed by atoms with Crippen molar-refractivity contribution in [2.24, 2.45) is 5.92 Å². The number of aromatic amines is 2. The number of fused-ring (bicyclic) bond motifs is 2. The van der Waals surface area contributed by atoms with Crippen molar-refractivity contribution in [2.45, 2.75) is 38.8 Å². The highest BCUT2D eigenvalue weighted by Gasteiger charge is 2.19. The van der Waals surface area contributed by atoms with E-state index in [1.165, 1.54) is 43.9 Å². The van der Waals surface area contributed by atoms with Gasteiger partial charge in [0.15, 0.2) is 11.5 Å². The molecule has 1 aliphatic rings. The topological polar surface area (TPSA) is 141 Å². The monoisotopic (exact) mass is 642 g/mol. The molecule has 1 fully saturated rings. The van der Waals surface area contributed by atoms with Gasteiger partial charge in [0.2, 0.25) is 10.0 Å². The van der Waals surface area contributed by atoms with Crippen LogP contribution in [0.25, 0.3) is 55.8 Å². The molecule has 0 saturated heterocycles. The van der Waals surface area contributed by atoms with Crippen LogP contribution in [0.4, 0.5) is 8.78 Å². The van der Waals surface area contributed by atoms with Gasteiger partial charge in [-0.05, 0) is 78.4 Å². The molecule has 0 spiro atoms. The smallest absolute Gasteiger partial charge is 0.209 e. The van der Waals surface area contributed by atoms with Crippen LogP contribution in [-0.4, -0.2) is 51.4 Å². The van der Waals surface area contributed by atoms with Crippen LogP contribution in [0.1, 0.15) is 36.8 Å². The van der Waals surface area contributed by atoms with Gasteiger partial charge in [-0.2, -0.15) is 5.10 Å². The number of nitrogens with one attached hydrogen (secondary N) is 4. The minimum Gasteiger partial charge on any atom is -0.321 e. The molecule has 4 N–H and O–H groups in total. The average Bonchev–Trinajstić information content (AvgIpc) is 3.79. The van der Waals surface area contributed by atoms with Gasteiger partial charge in [0.25, 0.3) is 0 Å². The number of nitrogens with zero attached hydrogens (tertiary/aromatic N) is 4. The zero-order chi connectivity index (χ0) is 31.8. The number of hydrogen-bond donors (Lipinski definition) is 4. The predicted octanol–water partition coefficient (Wildman–Crippen LogP) is 5.84. The molecule has 10 nitrogen and oxygen atoms in total. The Bertz CT molecular complexity index is 2170. The maximum Gasteiger partial charge on any atom is 0.209 e. The second-order valence-electron chi connectivity index (χ2n) is 11.9. The summed E-state index contributed by atoms with van der Waals surface area (Å²) in [7, 11) is -3.46. The molecular weight excluding hydrogens is 610 g/mol. The summed E-state index contributed by atoms with van der Waals surface area (Å²) in [4.78, 5) is 16.8. The first-order chi connectivity index (χ1) is 22.2. The molecule has 2 aromatic carbocycles. The molecule has 13 heteroatoms. The Hall–Kier alpha value is -4.59. The highest BCUT2D eigenvalue weighted by atomic mass is 32.2.